The minimum Gasteiger partial charge on any atom is -0.455 e. The molecule has 4 nitrogen and oxygen atoms in total. The summed E-state index contributed by atoms with van der Waals surface area (Å²) in [5, 5.41) is 6.20. The second kappa shape index (κ2) is 13.2. The summed E-state index contributed by atoms with van der Waals surface area (Å²) >= 11 is 0. The summed E-state index contributed by atoms with van der Waals surface area (Å²) in [7, 11) is -1.88. The van der Waals surface area contributed by atoms with Gasteiger partial charge in [-0.05, 0) is 88.4 Å². The fraction of sp³-hybridized carbons (Fsp3) is 0.207. The fourth-order valence-electron chi connectivity index (χ4n) is 11.2. The molecule has 0 fully saturated rings. The van der Waals surface area contributed by atoms with Crippen LogP contribution in [0.25, 0.3) is 83.2 Å². The molecule has 63 heavy (non-hydrogen) atoms. The van der Waals surface area contributed by atoms with Gasteiger partial charge in [-0.2, -0.15) is 4.57 Å². The normalized spacial score (nSPS) is 15.6. The van der Waals surface area contributed by atoms with Crippen LogP contribution >= 0.6 is 0 Å². The molecule has 1 unspecified atom stereocenters. The van der Waals surface area contributed by atoms with E-state index in [-0.39, 0.29) is 5.41 Å². The van der Waals surface area contributed by atoms with Gasteiger partial charge in [0.25, 0.3) is 0 Å². The number of fused-ring (bicyclic) bond motifs is 17. The topological polar surface area (TPSA) is 25.8 Å². The summed E-state index contributed by atoms with van der Waals surface area (Å²) in [6.07, 6.45) is 3.65. The molecular weight excluding hydrogens is 783 g/mol. The van der Waals surface area contributed by atoms with Crippen LogP contribution in [0.2, 0.25) is 19.6 Å². The van der Waals surface area contributed by atoms with Crippen LogP contribution in [0.15, 0.2) is 162 Å². The first kappa shape index (κ1) is 38.1. The maximum absolute atomic E-state index is 7.21. The molecule has 12 rings (SSSR count). The highest BCUT2D eigenvalue weighted by molar-refractivity contribution is 6.89. The van der Waals surface area contributed by atoms with Crippen molar-refractivity contribution in [2.24, 2.45) is 5.92 Å². The van der Waals surface area contributed by atoms with Crippen molar-refractivity contribution in [1.29, 1.82) is 0 Å². The van der Waals surface area contributed by atoms with Crippen LogP contribution in [0.3, 0.4) is 0 Å². The summed E-state index contributed by atoms with van der Waals surface area (Å²) in [4.78, 5) is 0. The van der Waals surface area contributed by atoms with Crippen molar-refractivity contribution in [2.45, 2.75) is 71.8 Å². The van der Waals surface area contributed by atoms with Crippen molar-refractivity contribution in [3.8, 4) is 39.5 Å². The Hall–Kier alpha value is -6.56. The average Bonchev–Trinajstić information content (AvgIpc) is 3.98. The Balaban J connectivity index is 1.35. The highest BCUT2D eigenvalue weighted by atomic mass is 28.3. The van der Waals surface area contributed by atoms with Gasteiger partial charge in [0, 0.05) is 33.0 Å². The fourth-order valence-corrected chi connectivity index (χ4v) is 12.9. The van der Waals surface area contributed by atoms with Gasteiger partial charge in [-0.25, -0.2) is 0 Å². The van der Waals surface area contributed by atoms with Crippen LogP contribution in [0.1, 0.15) is 56.9 Å². The summed E-state index contributed by atoms with van der Waals surface area (Å²) in [6, 6.07) is 56.8. The van der Waals surface area contributed by atoms with Crippen molar-refractivity contribution in [2.75, 3.05) is 0 Å². The minimum atomic E-state index is -1.88. The first-order valence-electron chi connectivity index (χ1n) is 22.7. The molecule has 2 aliphatic rings. The third-order valence-electron chi connectivity index (χ3n) is 14.0. The lowest BCUT2D eigenvalue weighted by Crippen LogP contribution is -2.72. The zero-order valence-electron chi connectivity index (χ0n) is 37.5. The van der Waals surface area contributed by atoms with Gasteiger partial charge in [-0.1, -0.05) is 151 Å². The Kier molecular flexibility index (Phi) is 8.01. The van der Waals surface area contributed by atoms with E-state index >= 15 is 0 Å². The van der Waals surface area contributed by atoms with Gasteiger partial charge in [0.2, 0.25) is 5.69 Å². The maximum atomic E-state index is 7.21. The maximum Gasteiger partial charge on any atom is 0.364 e. The summed E-state index contributed by atoms with van der Waals surface area (Å²) < 4.78 is 15.2. The molecule has 10 aromatic rings. The van der Waals surface area contributed by atoms with E-state index in [0.29, 0.717) is 5.92 Å². The van der Waals surface area contributed by atoms with E-state index in [1.54, 1.807) is 0 Å². The number of hydrogen-bond acceptors (Lipinski definition) is 1. The average molecular weight is 836 g/mol. The highest BCUT2D eigenvalue weighted by Crippen LogP contribution is 2.54. The lowest BCUT2D eigenvalue weighted by Gasteiger charge is -2.25. The molecule has 1 atom stereocenters. The second-order valence-electron chi connectivity index (χ2n) is 20.5. The smallest absolute Gasteiger partial charge is 0.364 e. The lowest BCUT2D eigenvalue weighted by molar-refractivity contribution is -0.944. The largest absolute Gasteiger partial charge is 0.455 e. The number of rotatable bonds is 5. The molecular formula is C58H53N3OSi+2. The Morgan fingerprint density at radius 2 is 1.40 bits per heavy atom. The van der Waals surface area contributed by atoms with Crippen molar-refractivity contribution in [1.82, 2.24) is 4.57 Å². The van der Waals surface area contributed by atoms with Gasteiger partial charge in [0.05, 0.1) is 24.8 Å². The number of aromatic nitrogens is 3. The molecule has 0 bridgehead atoms. The van der Waals surface area contributed by atoms with E-state index < -0.39 is 13.7 Å². The van der Waals surface area contributed by atoms with Gasteiger partial charge in [0.1, 0.15) is 16.8 Å². The van der Waals surface area contributed by atoms with Crippen LogP contribution in [0, 0.1) is 5.92 Å². The number of imidazole rings is 1. The van der Waals surface area contributed by atoms with Crippen molar-refractivity contribution in [3.63, 3.8) is 0 Å². The molecule has 308 valence electrons. The quantitative estimate of drug-likeness (QED) is 0.125. The molecule has 7 aromatic carbocycles. The monoisotopic (exact) mass is 835 g/mol. The molecule has 0 N–H and O–H groups in total. The van der Waals surface area contributed by atoms with E-state index in [1.165, 1.54) is 71.8 Å². The number of furan rings is 1. The van der Waals surface area contributed by atoms with Gasteiger partial charge in [-0.3, -0.25) is 0 Å². The van der Waals surface area contributed by atoms with Crippen LogP contribution in [0.5, 0.6) is 0 Å². The van der Waals surface area contributed by atoms with E-state index in [2.05, 4.69) is 226 Å². The second-order valence-corrected chi connectivity index (χ2v) is 25.5. The minimum absolute atomic E-state index is 0.0683. The van der Waals surface area contributed by atoms with E-state index in [1.807, 2.05) is 0 Å². The third-order valence-corrected chi connectivity index (χ3v) is 16.0. The lowest BCUT2D eigenvalue weighted by atomic mass is 9.82. The highest BCUT2D eigenvalue weighted by Gasteiger charge is 2.67. The predicted molar refractivity (Wildman–Crippen MR) is 263 cm³/mol. The Bertz CT molecular complexity index is 3540. The Morgan fingerprint density at radius 1 is 0.683 bits per heavy atom. The molecule has 0 saturated carbocycles. The molecule has 1 spiro atoms. The number of benzene rings is 7. The Morgan fingerprint density at radius 3 is 2.17 bits per heavy atom. The predicted octanol–water partition coefficient (Wildman–Crippen LogP) is 13.2. The van der Waals surface area contributed by atoms with Crippen molar-refractivity contribution in [3.05, 3.63) is 180 Å². The van der Waals surface area contributed by atoms with Gasteiger partial charge < -0.3 is 4.42 Å². The summed E-state index contributed by atoms with van der Waals surface area (Å²) in [6.45, 7) is 19.3. The summed E-state index contributed by atoms with van der Waals surface area (Å²) in [5.41, 5.74) is 15.9. The molecule has 3 aromatic heterocycles. The van der Waals surface area contributed by atoms with Crippen LogP contribution in [-0.4, -0.2) is 12.6 Å². The first-order chi connectivity index (χ1) is 30.4. The molecule has 0 amide bonds. The molecule has 0 saturated heterocycles. The van der Waals surface area contributed by atoms with Gasteiger partial charge >= 0.3 is 11.5 Å². The molecule has 0 radical (unpaired) electrons. The molecule has 5 heteroatoms. The number of hydrogen-bond donors (Lipinski definition) is 0. The van der Waals surface area contributed by atoms with Gasteiger partial charge in [0.15, 0.2) is 22.8 Å². The third kappa shape index (κ3) is 5.26. The van der Waals surface area contributed by atoms with E-state index in [0.717, 1.165) is 45.3 Å². The van der Waals surface area contributed by atoms with Crippen molar-refractivity contribution >= 4 is 57.0 Å². The molecule has 0 aliphatic carbocycles. The van der Waals surface area contributed by atoms with E-state index in [9.17, 15) is 0 Å². The zero-order valence-corrected chi connectivity index (χ0v) is 38.5. The molecule has 2 aliphatic heterocycles. The molecule has 5 heterocycles. The standard InChI is InChI=1S/C58H53N3OSi/c1-36(2)32-39-33-50-45-29-27-40(57(3,4)5)34-47(45)58(59(50)35-52(39)63(6,7)8)46-31-30-44-43-22-14-17-25-51(43)62-55(44)53(46)56-60(48-23-15-16-24-49(48)61(56)58)54-41-21-13-12-20-38(41)26-28-42(54)37-18-10-9-11-19-37/h9-31,33-36H,32H2,1-8H3/q+2. The zero-order chi connectivity index (χ0) is 43.2. The number of para-hydroxylation sites is 3. The van der Waals surface area contributed by atoms with Gasteiger partial charge in [-0.15, -0.1) is 9.13 Å². The summed E-state index contributed by atoms with van der Waals surface area (Å²) in [5.74, 6) is 1.66. The first-order valence-corrected chi connectivity index (χ1v) is 26.2. The Labute approximate surface area is 370 Å². The van der Waals surface area contributed by atoms with Crippen LogP contribution in [-0.2, 0) is 17.5 Å². The number of nitrogens with zero attached hydrogens (tertiary/aromatic N) is 3. The van der Waals surface area contributed by atoms with Crippen LogP contribution < -0.4 is 14.3 Å². The van der Waals surface area contributed by atoms with Crippen molar-refractivity contribution < 1.29 is 13.6 Å². The van der Waals surface area contributed by atoms with E-state index in [4.69, 9.17) is 4.42 Å². The SMILES string of the molecule is CC(C)Cc1cc2[n+](cc1[Si](C)(C)C)C1(c3cc(C(C)(C)C)ccc3-2)c2ccc3c(oc4ccccc43)c2-c2n(-c3c(-c4ccccc4)ccc4ccccc34)c3ccccc3[n+]21. The number of pyridine rings is 1. The van der Waals surface area contributed by atoms with Crippen LogP contribution in [0.4, 0.5) is 0 Å².